The summed E-state index contributed by atoms with van der Waals surface area (Å²) in [5.41, 5.74) is 0.880. The Morgan fingerprint density at radius 3 is 2.24 bits per heavy atom. The van der Waals surface area contributed by atoms with E-state index in [4.69, 9.17) is 0 Å². The van der Waals surface area contributed by atoms with Gasteiger partial charge in [0.2, 0.25) is 0 Å². The zero-order valence-electron chi connectivity index (χ0n) is 13.7. The fourth-order valence-corrected chi connectivity index (χ4v) is 3.37. The van der Waals surface area contributed by atoms with Crippen molar-refractivity contribution >= 4 is 11.5 Å². The molecule has 132 valence electrons. The number of Topliss-reactive ketones (excluding diaryl/α,β-unsaturated/α-hetero) is 1. The van der Waals surface area contributed by atoms with Gasteiger partial charge in [-0.2, -0.15) is 13.2 Å². The highest BCUT2D eigenvalue weighted by molar-refractivity contribution is 5.83. The zero-order chi connectivity index (χ0) is 17.9. The average molecular weight is 347 g/mol. The first-order chi connectivity index (χ1) is 11.9. The van der Waals surface area contributed by atoms with Gasteiger partial charge in [-0.05, 0) is 42.7 Å². The van der Waals surface area contributed by atoms with E-state index >= 15 is 0 Å². The maximum Gasteiger partial charge on any atom is 0.416 e. The molecular weight excluding hydrogens is 327 g/mol. The summed E-state index contributed by atoms with van der Waals surface area (Å²) < 4.78 is 38.2. The number of ketones is 1. The van der Waals surface area contributed by atoms with Crippen molar-refractivity contribution in [1.82, 2.24) is 0 Å². The molecule has 1 aliphatic carbocycles. The smallest absolute Gasteiger partial charge is 0.378 e. The van der Waals surface area contributed by atoms with E-state index in [-0.39, 0.29) is 17.7 Å². The van der Waals surface area contributed by atoms with Gasteiger partial charge in [0.25, 0.3) is 0 Å². The highest BCUT2D eigenvalue weighted by Crippen LogP contribution is 2.36. The van der Waals surface area contributed by atoms with Gasteiger partial charge in [0, 0.05) is 18.0 Å². The summed E-state index contributed by atoms with van der Waals surface area (Å²) in [5.74, 6) is 0.0676. The Hall–Kier alpha value is -2.30. The highest BCUT2D eigenvalue weighted by Gasteiger charge is 2.32. The fraction of sp³-hybridized carbons (Fsp3) is 0.350. The highest BCUT2D eigenvalue weighted by atomic mass is 19.4. The standard InChI is InChI=1S/C20H20F3NO/c21-20(22,23)15-10-12-16(13-11-15)24-19(14-6-2-1-3-7-14)17-8-4-5-9-18(17)25/h1-3,6-7,10-13,17,19,24H,4-5,8-9H2/t17-,19-/m1/s1. The summed E-state index contributed by atoms with van der Waals surface area (Å²) in [6.45, 7) is 0. The van der Waals surface area contributed by atoms with E-state index in [0.29, 0.717) is 12.1 Å². The first-order valence-electron chi connectivity index (χ1n) is 8.46. The number of halogens is 3. The first-order valence-corrected chi connectivity index (χ1v) is 8.46. The Morgan fingerprint density at radius 2 is 1.64 bits per heavy atom. The number of rotatable bonds is 4. The lowest BCUT2D eigenvalue weighted by molar-refractivity contribution is -0.137. The SMILES string of the molecule is O=C1CCCC[C@H]1[C@H](Nc1ccc(C(F)(F)F)cc1)c1ccccc1. The van der Waals surface area contributed by atoms with Crippen LogP contribution in [0, 0.1) is 5.92 Å². The third kappa shape index (κ3) is 4.21. The van der Waals surface area contributed by atoms with Crippen LogP contribution in [0.1, 0.15) is 42.9 Å². The van der Waals surface area contributed by atoms with Crippen LogP contribution < -0.4 is 5.32 Å². The largest absolute Gasteiger partial charge is 0.416 e. The molecule has 1 aliphatic rings. The summed E-state index contributed by atoms with van der Waals surface area (Å²) in [6, 6.07) is 14.4. The van der Waals surface area contributed by atoms with Crippen molar-refractivity contribution in [2.45, 2.75) is 37.9 Å². The van der Waals surface area contributed by atoms with Crippen LogP contribution >= 0.6 is 0 Å². The van der Waals surface area contributed by atoms with Gasteiger partial charge in [0.15, 0.2) is 0 Å². The molecular formula is C20H20F3NO. The molecule has 25 heavy (non-hydrogen) atoms. The summed E-state index contributed by atoms with van der Waals surface area (Å²) in [7, 11) is 0. The van der Waals surface area contributed by atoms with Gasteiger partial charge in [-0.1, -0.05) is 36.8 Å². The third-order valence-electron chi connectivity index (χ3n) is 4.70. The van der Waals surface area contributed by atoms with Crippen molar-refractivity contribution in [2.24, 2.45) is 5.92 Å². The van der Waals surface area contributed by atoms with Gasteiger partial charge in [0.1, 0.15) is 5.78 Å². The van der Waals surface area contributed by atoms with E-state index in [1.807, 2.05) is 30.3 Å². The van der Waals surface area contributed by atoms with E-state index in [9.17, 15) is 18.0 Å². The van der Waals surface area contributed by atoms with Crippen LogP contribution in [0.25, 0.3) is 0 Å². The average Bonchev–Trinajstić information content (AvgIpc) is 2.61. The van der Waals surface area contributed by atoms with Crippen molar-refractivity contribution in [3.8, 4) is 0 Å². The molecule has 2 aromatic carbocycles. The maximum atomic E-state index is 12.7. The quantitative estimate of drug-likeness (QED) is 0.778. The van der Waals surface area contributed by atoms with Crippen LogP contribution in [0.15, 0.2) is 54.6 Å². The summed E-state index contributed by atoms with van der Waals surface area (Å²) in [4.78, 5) is 12.4. The third-order valence-corrected chi connectivity index (χ3v) is 4.70. The Morgan fingerprint density at radius 1 is 0.960 bits per heavy atom. The second-order valence-corrected chi connectivity index (χ2v) is 6.43. The Bertz CT molecular complexity index is 710. The van der Waals surface area contributed by atoms with Crippen molar-refractivity contribution in [3.05, 3.63) is 65.7 Å². The number of anilines is 1. The van der Waals surface area contributed by atoms with Crippen LogP contribution in [0.4, 0.5) is 18.9 Å². The minimum Gasteiger partial charge on any atom is -0.378 e. The molecule has 0 bridgehead atoms. The minimum absolute atomic E-state index is 0.154. The molecule has 2 aromatic rings. The second-order valence-electron chi connectivity index (χ2n) is 6.43. The lowest BCUT2D eigenvalue weighted by atomic mass is 9.80. The molecule has 5 heteroatoms. The normalized spacial score (nSPS) is 19.5. The maximum absolute atomic E-state index is 12.7. The topological polar surface area (TPSA) is 29.1 Å². The lowest BCUT2D eigenvalue weighted by Crippen LogP contribution is -2.30. The Balaban J connectivity index is 1.86. The molecule has 0 aromatic heterocycles. The van der Waals surface area contributed by atoms with Crippen molar-refractivity contribution < 1.29 is 18.0 Å². The molecule has 0 spiro atoms. The number of benzene rings is 2. The Labute approximate surface area is 145 Å². The van der Waals surface area contributed by atoms with Gasteiger partial charge in [-0.25, -0.2) is 0 Å². The minimum atomic E-state index is -4.35. The van der Waals surface area contributed by atoms with Crippen molar-refractivity contribution in [2.75, 3.05) is 5.32 Å². The molecule has 0 amide bonds. The van der Waals surface area contributed by atoms with E-state index in [2.05, 4.69) is 5.32 Å². The number of hydrogen-bond donors (Lipinski definition) is 1. The number of carbonyl (C=O) groups excluding carboxylic acids is 1. The van der Waals surface area contributed by atoms with E-state index in [1.54, 1.807) is 0 Å². The van der Waals surface area contributed by atoms with Crippen LogP contribution in [-0.2, 0) is 11.0 Å². The first kappa shape index (κ1) is 17.5. The predicted octanol–water partition coefficient (Wildman–Crippen LogP) is 5.62. The molecule has 2 atom stereocenters. The molecule has 0 saturated heterocycles. The molecule has 0 heterocycles. The lowest BCUT2D eigenvalue weighted by Gasteiger charge is -2.31. The fourth-order valence-electron chi connectivity index (χ4n) is 3.37. The molecule has 3 rings (SSSR count). The molecule has 0 aliphatic heterocycles. The summed E-state index contributed by atoms with van der Waals surface area (Å²) >= 11 is 0. The van der Waals surface area contributed by atoms with Gasteiger partial charge < -0.3 is 5.32 Å². The molecule has 1 fully saturated rings. The zero-order valence-corrected chi connectivity index (χ0v) is 13.7. The van der Waals surface area contributed by atoms with Crippen LogP contribution in [-0.4, -0.2) is 5.78 Å². The van der Waals surface area contributed by atoms with Crippen molar-refractivity contribution in [3.63, 3.8) is 0 Å². The molecule has 1 saturated carbocycles. The summed E-state index contributed by atoms with van der Waals surface area (Å²) in [6.07, 6.45) is -1.07. The summed E-state index contributed by atoms with van der Waals surface area (Å²) in [5, 5.41) is 3.29. The number of hydrogen-bond acceptors (Lipinski definition) is 2. The van der Waals surface area contributed by atoms with Gasteiger partial charge in [-0.3, -0.25) is 4.79 Å². The number of carbonyl (C=O) groups is 1. The second kappa shape index (κ2) is 7.30. The monoisotopic (exact) mass is 347 g/mol. The van der Waals surface area contributed by atoms with Crippen LogP contribution in [0.3, 0.4) is 0 Å². The number of alkyl halides is 3. The predicted molar refractivity (Wildman–Crippen MR) is 91.2 cm³/mol. The van der Waals surface area contributed by atoms with E-state index < -0.39 is 11.7 Å². The van der Waals surface area contributed by atoms with Gasteiger partial charge in [0.05, 0.1) is 11.6 Å². The molecule has 1 N–H and O–H groups in total. The van der Waals surface area contributed by atoms with Crippen LogP contribution in [0.5, 0.6) is 0 Å². The van der Waals surface area contributed by atoms with Crippen molar-refractivity contribution in [1.29, 1.82) is 0 Å². The van der Waals surface area contributed by atoms with Gasteiger partial charge in [-0.15, -0.1) is 0 Å². The Kier molecular flexibility index (Phi) is 5.11. The van der Waals surface area contributed by atoms with E-state index in [1.165, 1.54) is 12.1 Å². The van der Waals surface area contributed by atoms with Crippen LogP contribution in [0.2, 0.25) is 0 Å². The number of nitrogens with one attached hydrogen (secondary N) is 1. The van der Waals surface area contributed by atoms with Gasteiger partial charge >= 0.3 is 6.18 Å². The molecule has 0 unspecified atom stereocenters. The molecule has 2 nitrogen and oxygen atoms in total. The molecule has 0 radical (unpaired) electrons. The van der Waals surface area contributed by atoms with E-state index in [0.717, 1.165) is 37.0 Å².